The van der Waals surface area contributed by atoms with E-state index < -0.39 is 18.1 Å². The number of alkyl halides is 3. The Morgan fingerprint density at radius 2 is 2.16 bits per heavy atom. The lowest BCUT2D eigenvalue weighted by molar-refractivity contribution is -0.0600. The molecule has 0 amide bonds. The van der Waals surface area contributed by atoms with Crippen LogP contribution in [0, 0.1) is 0 Å². The molecule has 2 unspecified atom stereocenters. The molecule has 0 spiro atoms. The van der Waals surface area contributed by atoms with Crippen LogP contribution in [0.5, 0.6) is 0 Å². The summed E-state index contributed by atoms with van der Waals surface area (Å²) in [4.78, 5) is 1.08. The summed E-state index contributed by atoms with van der Waals surface area (Å²) >= 11 is 1.69. The van der Waals surface area contributed by atoms with Crippen LogP contribution in [-0.4, -0.2) is 24.8 Å². The van der Waals surface area contributed by atoms with Crippen molar-refractivity contribution in [1.29, 1.82) is 0 Å². The number of likely N-dealkylation sites (N-methyl/N-ethyl adjacent to an activating group) is 1. The molecule has 0 radical (unpaired) electrons. The average molecular weight is 289 g/mol. The summed E-state index contributed by atoms with van der Waals surface area (Å²) in [7, 11) is 0. The highest BCUT2D eigenvalue weighted by Crippen LogP contribution is 2.40. The number of thioether (sulfide) groups is 1. The molecule has 1 N–H and O–H groups in total. The van der Waals surface area contributed by atoms with Gasteiger partial charge in [-0.3, -0.25) is 0 Å². The fourth-order valence-corrected chi connectivity index (χ4v) is 3.50. The molecule has 0 fully saturated rings. The van der Waals surface area contributed by atoms with Crippen LogP contribution in [-0.2, 0) is 12.1 Å². The van der Waals surface area contributed by atoms with Gasteiger partial charge >= 0.3 is 0 Å². The highest BCUT2D eigenvalue weighted by molar-refractivity contribution is 7.99. The van der Waals surface area contributed by atoms with Crippen LogP contribution >= 0.6 is 11.8 Å². The minimum absolute atomic E-state index is 0.0807. The van der Waals surface area contributed by atoms with E-state index in [1.165, 1.54) is 13.0 Å². The van der Waals surface area contributed by atoms with Crippen molar-refractivity contribution in [3.8, 4) is 0 Å². The third-order valence-corrected chi connectivity index (χ3v) is 4.71. The molecule has 1 nitrogen and oxygen atoms in total. The first-order valence-electron chi connectivity index (χ1n) is 6.46. The third kappa shape index (κ3) is 2.63. The Bertz CT molecular complexity index is 452. The van der Waals surface area contributed by atoms with Crippen molar-refractivity contribution in [2.45, 2.75) is 43.3 Å². The largest absolute Gasteiger partial charge is 0.311 e. The van der Waals surface area contributed by atoms with E-state index in [0.717, 1.165) is 22.6 Å². The van der Waals surface area contributed by atoms with Crippen LogP contribution in [0.25, 0.3) is 0 Å². The van der Waals surface area contributed by atoms with E-state index in [1.54, 1.807) is 30.8 Å². The Labute approximate surface area is 116 Å². The van der Waals surface area contributed by atoms with Crippen molar-refractivity contribution >= 4 is 11.8 Å². The molecule has 2 rings (SSSR count). The van der Waals surface area contributed by atoms with E-state index in [0.29, 0.717) is 6.54 Å². The minimum atomic E-state index is -3.05. The first-order valence-corrected chi connectivity index (χ1v) is 7.45. The fraction of sp³-hybridized carbons (Fsp3) is 0.571. The van der Waals surface area contributed by atoms with Gasteiger partial charge in [-0.15, -0.1) is 11.8 Å². The molecule has 106 valence electrons. The van der Waals surface area contributed by atoms with Crippen molar-refractivity contribution in [1.82, 2.24) is 5.32 Å². The molecule has 2 atom stereocenters. The average Bonchev–Trinajstić information content (AvgIpc) is 2.84. The number of hydrogen-bond acceptors (Lipinski definition) is 2. The van der Waals surface area contributed by atoms with Crippen molar-refractivity contribution in [3.05, 3.63) is 29.3 Å². The maximum Gasteiger partial charge on any atom is 0.277 e. The summed E-state index contributed by atoms with van der Waals surface area (Å²) < 4.78 is 41.4. The van der Waals surface area contributed by atoms with Crippen molar-refractivity contribution in [2.24, 2.45) is 0 Å². The molecule has 0 bridgehead atoms. The van der Waals surface area contributed by atoms with Crippen LogP contribution in [0.4, 0.5) is 13.2 Å². The maximum atomic E-state index is 14.9. The van der Waals surface area contributed by atoms with E-state index in [9.17, 15) is 13.2 Å². The van der Waals surface area contributed by atoms with Gasteiger partial charge in [0.15, 0.2) is 0 Å². The van der Waals surface area contributed by atoms with Crippen molar-refractivity contribution in [3.63, 3.8) is 0 Å². The number of aryl methyl sites for hydroxylation is 1. The lowest BCUT2D eigenvalue weighted by atomic mass is 9.88. The monoisotopic (exact) mass is 289 g/mol. The summed E-state index contributed by atoms with van der Waals surface area (Å²) in [6.07, 6.45) is -2.23. The predicted octanol–water partition coefficient (Wildman–Crippen LogP) is 3.76. The zero-order valence-corrected chi connectivity index (χ0v) is 11.9. The van der Waals surface area contributed by atoms with Gasteiger partial charge in [-0.1, -0.05) is 19.1 Å². The highest BCUT2D eigenvalue weighted by Gasteiger charge is 2.47. The van der Waals surface area contributed by atoms with Gasteiger partial charge in [0.2, 0.25) is 5.67 Å². The van der Waals surface area contributed by atoms with E-state index in [2.05, 4.69) is 5.32 Å². The predicted molar refractivity (Wildman–Crippen MR) is 72.8 cm³/mol. The Morgan fingerprint density at radius 3 is 2.79 bits per heavy atom. The first kappa shape index (κ1) is 14.7. The minimum Gasteiger partial charge on any atom is -0.311 e. The molecule has 0 saturated heterocycles. The van der Waals surface area contributed by atoms with Gasteiger partial charge in [0.05, 0.1) is 0 Å². The van der Waals surface area contributed by atoms with E-state index in [-0.39, 0.29) is 5.56 Å². The Morgan fingerprint density at radius 1 is 1.42 bits per heavy atom. The lowest BCUT2D eigenvalue weighted by Crippen LogP contribution is -2.48. The number of nitrogens with one attached hydrogen (secondary N) is 1. The van der Waals surface area contributed by atoms with E-state index in [1.807, 2.05) is 0 Å². The Kier molecular flexibility index (Phi) is 4.46. The molecule has 5 heteroatoms. The van der Waals surface area contributed by atoms with Gasteiger partial charge in [-0.05, 0) is 37.1 Å². The van der Waals surface area contributed by atoms with Crippen LogP contribution in [0.2, 0.25) is 0 Å². The van der Waals surface area contributed by atoms with E-state index >= 15 is 0 Å². The number of benzene rings is 1. The first-order chi connectivity index (χ1) is 9.00. The van der Waals surface area contributed by atoms with Gasteiger partial charge in [-0.2, -0.15) is 0 Å². The maximum absolute atomic E-state index is 14.9. The molecule has 1 aromatic carbocycles. The summed E-state index contributed by atoms with van der Waals surface area (Å²) in [5, 5.41) is 2.77. The van der Waals surface area contributed by atoms with Crippen molar-refractivity contribution < 1.29 is 13.2 Å². The highest BCUT2D eigenvalue weighted by atomic mass is 32.2. The second-order valence-electron chi connectivity index (χ2n) is 4.77. The second-order valence-corrected chi connectivity index (χ2v) is 5.91. The molecule has 1 aliphatic rings. The number of halogens is 3. The second kappa shape index (κ2) is 5.75. The number of rotatable bonds is 5. The molecule has 0 aliphatic carbocycles. The Hall–Kier alpha value is -0.680. The van der Waals surface area contributed by atoms with Gasteiger partial charge in [0.25, 0.3) is 6.43 Å². The van der Waals surface area contributed by atoms with Gasteiger partial charge in [-0.25, -0.2) is 13.2 Å². The summed E-state index contributed by atoms with van der Waals surface area (Å²) in [5.41, 5.74) is -1.58. The molecule has 1 heterocycles. The van der Waals surface area contributed by atoms with Gasteiger partial charge in [0, 0.05) is 16.7 Å². The number of hydrogen-bond donors (Lipinski definition) is 1. The SMILES string of the molecule is CCNC(C)C(F)(c1ccc2c(c1)CCS2)C(F)F. The fourth-order valence-electron chi connectivity index (χ4n) is 2.44. The topological polar surface area (TPSA) is 12.0 Å². The summed E-state index contributed by atoms with van der Waals surface area (Å²) in [6.45, 7) is 3.71. The summed E-state index contributed by atoms with van der Waals surface area (Å²) in [6, 6.07) is 3.94. The van der Waals surface area contributed by atoms with Gasteiger partial charge < -0.3 is 5.32 Å². The van der Waals surface area contributed by atoms with Crippen molar-refractivity contribution in [2.75, 3.05) is 12.3 Å². The number of fused-ring (bicyclic) bond motifs is 1. The summed E-state index contributed by atoms with van der Waals surface area (Å²) in [5.74, 6) is 0.940. The Balaban J connectivity index is 2.38. The van der Waals surface area contributed by atoms with Gasteiger partial charge in [0.1, 0.15) is 0 Å². The van der Waals surface area contributed by atoms with Crippen LogP contribution < -0.4 is 5.32 Å². The smallest absolute Gasteiger partial charge is 0.277 e. The third-order valence-electron chi connectivity index (χ3n) is 3.59. The quantitative estimate of drug-likeness (QED) is 0.885. The molecule has 0 saturated carbocycles. The molecule has 0 aromatic heterocycles. The zero-order chi connectivity index (χ0) is 14.0. The van der Waals surface area contributed by atoms with Crippen LogP contribution in [0.15, 0.2) is 23.1 Å². The van der Waals surface area contributed by atoms with E-state index in [4.69, 9.17) is 0 Å². The molecular formula is C14H18F3NS. The molecule has 1 aromatic rings. The molecular weight excluding hydrogens is 271 g/mol. The van der Waals surface area contributed by atoms with Crippen LogP contribution in [0.3, 0.4) is 0 Å². The zero-order valence-electron chi connectivity index (χ0n) is 11.1. The normalized spacial score (nSPS) is 19.3. The molecule has 1 aliphatic heterocycles. The lowest BCUT2D eigenvalue weighted by Gasteiger charge is -2.32. The molecule has 19 heavy (non-hydrogen) atoms. The van der Waals surface area contributed by atoms with Crippen LogP contribution in [0.1, 0.15) is 25.0 Å². The standard InChI is InChI=1S/C14H18F3NS/c1-3-18-9(2)14(17,13(15)16)11-4-5-12-10(8-11)6-7-19-12/h4-5,8-9,13,18H,3,6-7H2,1-2H3.